The Hall–Kier alpha value is -0.960. The topological polar surface area (TPSA) is 37.3 Å². The Bertz CT molecular complexity index is 272. The maximum Gasteiger partial charge on any atom is 0.311 e. The summed E-state index contributed by atoms with van der Waals surface area (Å²) >= 11 is 4.04. The number of hydrogen-bond donors (Lipinski definition) is 2. The Labute approximate surface area is 83.0 Å². The Morgan fingerprint density at radius 3 is 2.46 bits per heavy atom. The minimum atomic E-state index is -0.778. The lowest BCUT2D eigenvalue weighted by molar-refractivity contribution is -0.138. The largest absolute Gasteiger partial charge is 0.481 e. The zero-order valence-electron chi connectivity index (χ0n) is 7.18. The van der Waals surface area contributed by atoms with Crippen molar-refractivity contribution in [2.24, 2.45) is 0 Å². The molecule has 0 aliphatic rings. The van der Waals surface area contributed by atoms with Crippen molar-refractivity contribution in [1.29, 1.82) is 0 Å². The molecule has 0 aliphatic carbocycles. The molecule has 0 fully saturated rings. The number of hydrogen-bond acceptors (Lipinski definition) is 2. The Balaban J connectivity index is 2.82. The standard InChI is InChI=1S/C10H12O2S/c11-10(12)9(6-7-13)8-4-2-1-3-5-8/h1-5,9,13H,6-7H2,(H,11,12). The van der Waals surface area contributed by atoms with Crippen LogP contribution in [-0.2, 0) is 4.79 Å². The number of aliphatic carboxylic acids is 1. The van der Waals surface area contributed by atoms with Gasteiger partial charge in [-0.1, -0.05) is 30.3 Å². The number of thiol groups is 1. The fourth-order valence-electron chi connectivity index (χ4n) is 1.25. The number of carboxylic acids is 1. The average molecular weight is 196 g/mol. The molecule has 70 valence electrons. The van der Waals surface area contributed by atoms with Crippen LogP contribution in [0.5, 0.6) is 0 Å². The van der Waals surface area contributed by atoms with Gasteiger partial charge in [0.25, 0.3) is 0 Å². The maximum atomic E-state index is 10.9. The van der Waals surface area contributed by atoms with Crippen LogP contribution < -0.4 is 0 Å². The lowest BCUT2D eigenvalue weighted by atomic mass is 9.97. The third-order valence-corrected chi connectivity index (χ3v) is 2.18. The highest BCUT2D eigenvalue weighted by Gasteiger charge is 2.17. The molecule has 13 heavy (non-hydrogen) atoms. The number of benzene rings is 1. The summed E-state index contributed by atoms with van der Waals surface area (Å²) in [5.74, 6) is -0.606. The molecule has 1 atom stereocenters. The van der Waals surface area contributed by atoms with Crippen molar-refractivity contribution in [1.82, 2.24) is 0 Å². The van der Waals surface area contributed by atoms with Gasteiger partial charge >= 0.3 is 5.97 Å². The molecule has 0 heterocycles. The molecule has 0 aromatic heterocycles. The highest BCUT2D eigenvalue weighted by Crippen LogP contribution is 2.19. The van der Waals surface area contributed by atoms with E-state index in [1.54, 1.807) is 0 Å². The second kappa shape index (κ2) is 4.92. The minimum absolute atomic E-state index is 0.418. The molecule has 1 rings (SSSR count). The first-order valence-corrected chi connectivity index (χ1v) is 4.77. The molecule has 3 heteroatoms. The van der Waals surface area contributed by atoms with Crippen molar-refractivity contribution in [2.45, 2.75) is 12.3 Å². The third kappa shape index (κ3) is 2.77. The predicted octanol–water partition coefficient (Wildman–Crippen LogP) is 2.17. The smallest absolute Gasteiger partial charge is 0.311 e. The summed E-state index contributed by atoms with van der Waals surface area (Å²) in [6, 6.07) is 9.25. The van der Waals surface area contributed by atoms with E-state index in [0.717, 1.165) is 5.56 Å². The van der Waals surface area contributed by atoms with E-state index < -0.39 is 11.9 Å². The van der Waals surface area contributed by atoms with Crippen molar-refractivity contribution in [3.05, 3.63) is 35.9 Å². The zero-order chi connectivity index (χ0) is 9.68. The first kappa shape index (κ1) is 10.1. The third-order valence-electron chi connectivity index (χ3n) is 1.92. The van der Waals surface area contributed by atoms with E-state index in [1.807, 2.05) is 30.3 Å². The molecule has 2 nitrogen and oxygen atoms in total. The van der Waals surface area contributed by atoms with Crippen molar-refractivity contribution < 1.29 is 9.90 Å². The summed E-state index contributed by atoms with van der Waals surface area (Å²) in [4.78, 5) is 10.9. The first-order chi connectivity index (χ1) is 6.25. The van der Waals surface area contributed by atoms with Crippen molar-refractivity contribution in [3.8, 4) is 0 Å². The van der Waals surface area contributed by atoms with Gasteiger partial charge in [-0.2, -0.15) is 12.6 Å². The van der Waals surface area contributed by atoms with E-state index in [4.69, 9.17) is 5.11 Å². The van der Waals surface area contributed by atoms with Crippen molar-refractivity contribution >= 4 is 18.6 Å². The van der Waals surface area contributed by atoms with Crippen LogP contribution in [0, 0.1) is 0 Å². The summed E-state index contributed by atoms with van der Waals surface area (Å²) in [7, 11) is 0. The lowest BCUT2D eigenvalue weighted by Gasteiger charge is -2.10. The molecule has 1 aromatic rings. The average Bonchev–Trinajstić information content (AvgIpc) is 2.15. The molecule has 1 N–H and O–H groups in total. The Kier molecular flexibility index (Phi) is 3.83. The van der Waals surface area contributed by atoms with Gasteiger partial charge in [-0.05, 0) is 17.7 Å². The Morgan fingerprint density at radius 2 is 2.00 bits per heavy atom. The van der Waals surface area contributed by atoms with Gasteiger partial charge < -0.3 is 5.11 Å². The quantitative estimate of drug-likeness (QED) is 0.724. The molecule has 0 aliphatic heterocycles. The van der Waals surface area contributed by atoms with E-state index in [-0.39, 0.29) is 0 Å². The van der Waals surface area contributed by atoms with E-state index in [9.17, 15) is 4.79 Å². The van der Waals surface area contributed by atoms with Gasteiger partial charge in [-0.3, -0.25) is 4.79 Å². The molecule has 0 saturated heterocycles. The van der Waals surface area contributed by atoms with Gasteiger partial charge in [0.15, 0.2) is 0 Å². The number of rotatable bonds is 4. The van der Waals surface area contributed by atoms with Gasteiger partial charge in [0.1, 0.15) is 0 Å². The fraction of sp³-hybridized carbons (Fsp3) is 0.300. The van der Waals surface area contributed by atoms with Crippen LogP contribution in [0.3, 0.4) is 0 Å². The monoisotopic (exact) mass is 196 g/mol. The second-order valence-corrected chi connectivity index (χ2v) is 3.26. The van der Waals surface area contributed by atoms with Crippen LogP contribution in [-0.4, -0.2) is 16.8 Å². The Morgan fingerprint density at radius 1 is 1.38 bits per heavy atom. The summed E-state index contributed by atoms with van der Waals surface area (Å²) in [5.41, 5.74) is 0.851. The van der Waals surface area contributed by atoms with Crippen LogP contribution in [0.15, 0.2) is 30.3 Å². The summed E-state index contributed by atoms with van der Waals surface area (Å²) in [6.45, 7) is 0. The van der Waals surface area contributed by atoms with Crippen molar-refractivity contribution in [2.75, 3.05) is 5.75 Å². The van der Waals surface area contributed by atoms with Crippen LogP contribution in [0.4, 0.5) is 0 Å². The highest BCUT2D eigenvalue weighted by molar-refractivity contribution is 7.80. The van der Waals surface area contributed by atoms with Gasteiger partial charge in [0.2, 0.25) is 0 Å². The van der Waals surface area contributed by atoms with Crippen LogP contribution in [0.2, 0.25) is 0 Å². The maximum absolute atomic E-state index is 10.9. The number of carboxylic acid groups (broad SMARTS) is 1. The molecule has 0 bridgehead atoms. The van der Waals surface area contributed by atoms with E-state index in [2.05, 4.69) is 12.6 Å². The molecule has 1 aromatic carbocycles. The second-order valence-electron chi connectivity index (χ2n) is 2.81. The molecular formula is C10H12O2S. The van der Waals surface area contributed by atoms with E-state index in [0.29, 0.717) is 12.2 Å². The first-order valence-electron chi connectivity index (χ1n) is 4.14. The van der Waals surface area contributed by atoms with Gasteiger partial charge in [0.05, 0.1) is 5.92 Å². The van der Waals surface area contributed by atoms with E-state index in [1.165, 1.54) is 0 Å². The van der Waals surface area contributed by atoms with Gasteiger partial charge in [-0.15, -0.1) is 0 Å². The summed E-state index contributed by atoms with van der Waals surface area (Å²) in [6.07, 6.45) is 0.572. The van der Waals surface area contributed by atoms with Crippen LogP contribution in [0.25, 0.3) is 0 Å². The normalized spacial score (nSPS) is 12.4. The van der Waals surface area contributed by atoms with Gasteiger partial charge in [0, 0.05) is 0 Å². The fourth-order valence-corrected chi connectivity index (χ4v) is 1.51. The molecule has 0 amide bonds. The molecule has 0 spiro atoms. The lowest BCUT2D eigenvalue weighted by Crippen LogP contribution is -2.11. The molecule has 0 saturated carbocycles. The van der Waals surface area contributed by atoms with Crippen molar-refractivity contribution in [3.63, 3.8) is 0 Å². The highest BCUT2D eigenvalue weighted by atomic mass is 32.1. The summed E-state index contributed by atoms with van der Waals surface area (Å²) < 4.78 is 0. The van der Waals surface area contributed by atoms with Crippen LogP contribution >= 0.6 is 12.6 Å². The van der Waals surface area contributed by atoms with Gasteiger partial charge in [-0.25, -0.2) is 0 Å². The zero-order valence-corrected chi connectivity index (χ0v) is 8.08. The molecular weight excluding hydrogens is 184 g/mol. The van der Waals surface area contributed by atoms with Crippen LogP contribution in [0.1, 0.15) is 17.9 Å². The molecule has 1 unspecified atom stereocenters. The predicted molar refractivity (Wildman–Crippen MR) is 55.3 cm³/mol. The van der Waals surface area contributed by atoms with E-state index >= 15 is 0 Å². The minimum Gasteiger partial charge on any atom is -0.481 e. The summed E-state index contributed by atoms with van der Waals surface area (Å²) in [5, 5.41) is 8.92. The molecule has 0 radical (unpaired) electrons. The number of carbonyl (C=O) groups is 1. The SMILES string of the molecule is O=C(O)C(CCS)c1ccccc1.